The third-order valence-electron chi connectivity index (χ3n) is 4.63. The normalized spacial score (nSPS) is 11.9. The minimum Gasteiger partial charge on any atom is -0.357 e. The van der Waals surface area contributed by atoms with Crippen LogP contribution in [0, 0.1) is 18.7 Å². The molecule has 3 aromatic rings. The minimum atomic E-state index is -0.552. The van der Waals surface area contributed by atoms with Gasteiger partial charge >= 0.3 is 0 Å². The fourth-order valence-electron chi connectivity index (χ4n) is 3.05. The van der Waals surface area contributed by atoms with Gasteiger partial charge in [-0.3, -0.25) is 9.78 Å². The molecule has 0 aliphatic carbocycles. The predicted octanol–water partition coefficient (Wildman–Crippen LogP) is 4.78. The Morgan fingerprint density at radius 2 is 1.87 bits per heavy atom. The van der Waals surface area contributed by atoms with E-state index in [1.165, 1.54) is 12.1 Å². The number of carbonyl (C=O) groups is 1. The fourth-order valence-corrected chi connectivity index (χ4v) is 3.19. The van der Waals surface area contributed by atoms with Crippen LogP contribution in [-0.2, 0) is 11.3 Å². The Morgan fingerprint density at radius 1 is 1.13 bits per heavy atom. The molecule has 0 aliphatic rings. The summed E-state index contributed by atoms with van der Waals surface area (Å²) in [4.78, 5) is 26.2. The molecule has 0 spiro atoms. The highest BCUT2D eigenvalue weighted by atomic mass is 35.5. The fraction of sp³-hybridized carbons (Fsp3) is 0.304. The molecular weight excluding hydrogens is 417 g/mol. The smallest absolute Gasteiger partial charge is 0.242 e. The first-order chi connectivity index (χ1) is 14.8. The van der Waals surface area contributed by atoms with Gasteiger partial charge in [0.25, 0.3) is 0 Å². The quantitative estimate of drug-likeness (QED) is 0.525. The molecule has 0 radical (unpaired) electrons. The van der Waals surface area contributed by atoms with E-state index in [9.17, 15) is 9.18 Å². The summed E-state index contributed by atoms with van der Waals surface area (Å²) >= 11 is 6.45. The molecule has 0 saturated heterocycles. The van der Waals surface area contributed by atoms with Gasteiger partial charge in [0.15, 0.2) is 5.82 Å². The molecule has 0 bridgehead atoms. The van der Waals surface area contributed by atoms with Gasteiger partial charge in [-0.05, 0) is 49.1 Å². The summed E-state index contributed by atoms with van der Waals surface area (Å²) in [6, 6.07) is 11.0. The van der Waals surface area contributed by atoms with Crippen molar-refractivity contribution in [3.8, 4) is 11.5 Å². The van der Waals surface area contributed by atoms with E-state index in [2.05, 4.69) is 25.6 Å². The van der Waals surface area contributed by atoms with E-state index in [0.29, 0.717) is 41.0 Å². The summed E-state index contributed by atoms with van der Waals surface area (Å²) in [6.45, 7) is 6.15. The van der Waals surface area contributed by atoms with Crippen molar-refractivity contribution in [3.05, 3.63) is 70.8 Å². The van der Waals surface area contributed by atoms with Crippen LogP contribution in [-0.4, -0.2) is 26.9 Å². The first-order valence-electron chi connectivity index (χ1n) is 10.1. The Hall–Kier alpha value is -3.06. The molecule has 2 heterocycles. The van der Waals surface area contributed by atoms with Crippen molar-refractivity contribution in [2.75, 3.05) is 5.32 Å². The van der Waals surface area contributed by atoms with E-state index in [1.807, 2.05) is 32.0 Å². The number of benzene rings is 1. The topological polar surface area (TPSA) is 79.8 Å². The summed E-state index contributed by atoms with van der Waals surface area (Å²) in [5.41, 5.74) is 2.02. The third-order valence-corrected chi connectivity index (χ3v) is 5.08. The number of nitrogens with one attached hydrogen (secondary N) is 2. The zero-order valence-corrected chi connectivity index (χ0v) is 18.4. The Kier molecular flexibility index (Phi) is 7.52. The van der Waals surface area contributed by atoms with Gasteiger partial charge in [0.1, 0.15) is 28.4 Å². The Bertz CT molecular complexity index is 1030. The molecular formula is C23H25ClFN5O. The van der Waals surface area contributed by atoms with Gasteiger partial charge in [-0.25, -0.2) is 14.4 Å². The summed E-state index contributed by atoms with van der Waals surface area (Å²) < 4.78 is 13.1. The number of aryl methyl sites for hydroxylation is 1. The first-order valence-corrected chi connectivity index (χ1v) is 10.5. The van der Waals surface area contributed by atoms with Crippen molar-refractivity contribution in [3.63, 3.8) is 0 Å². The maximum atomic E-state index is 13.1. The number of halogens is 2. The molecule has 31 heavy (non-hydrogen) atoms. The van der Waals surface area contributed by atoms with Gasteiger partial charge in [-0.15, -0.1) is 0 Å². The number of aromatic nitrogens is 3. The SMILES string of the molecule is Cc1nc(-c2ccccn2)nc(NC(CC(C)C)C(=O)NCc2ccc(F)cc2)c1Cl. The van der Waals surface area contributed by atoms with E-state index >= 15 is 0 Å². The standard InChI is InChI=1S/C23H25ClFN5O/c1-14(2)12-19(23(31)27-13-16-7-9-17(25)10-8-16)29-22-20(24)15(3)28-21(30-22)18-6-4-5-11-26-18/h4-11,14,19H,12-13H2,1-3H3,(H,27,31)(H,28,29,30). The molecule has 0 saturated carbocycles. The summed E-state index contributed by atoms with van der Waals surface area (Å²) in [5, 5.41) is 6.45. The van der Waals surface area contributed by atoms with E-state index in [-0.39, 0.29) is 17.6 Å². The molecule has 0 aliphatic heterocycles. The van der Waals surface area contributed by atoms with Gasteiger partial charge in [-0.2, -0.15) is 0 Å². The van der Waals surface area contributed by atoms with Crippen LogP contribution in [0.15, 0.2) is 48.7 Å². The maximum Gasteiger partial charge on any atom is 0.242 e. The summed E-state index contributed by atoms with van der Waals surface area (Å²) in [7, 11) is 0. The highest BCUT2D eigenvalue weighted by molar-refractivity contribution is 6.33. The second-order valence-electron chi connectivity index (χ2n) is 7.68. The largest absolute Gasteiger partial charge is 0.357 e. The third kappa shape index (κ3) is 6.21. The number of amides is 1. The lowest BCUT2D eigenvalue weighted by atomic mass is 10.0. The van der Waals surface area contributed by atoms with Gasteiger partial charge in [0.2, 0.25) is 5.91 Å². The molecule has 2 N–H and O–H groups in total. The van der Waals surface area contributed by atoms with Crippen LogP contribution in [0.25, 0.3) is 11.5 Å². The van der Waals surface area contributed by atoms with Crippen LogP contribution in [0.1, 0.15) is 31.5 Å². The molecule has 3 rings (SSSR count). The number of carbonyl (C=O) groups excluding carboxylic acids is 1. The molecule has 1 unspecified atom stereocenters. The van der Waals surface area contributed by atoms with Crippen LogP contribution in [0.5, 0.6) is 0 Å². The van der Waals surface area contributed by atoms with Crippen molar-refractivity contribution in [2.45, 2.75) is 39.8 Å². The molecule has 1 amide bonds. The lowest BCUT2D eigenvalue weighted by Crippen LogP contribution is -2.40. The number of hydrogen-bond donors (Lipinski definition) is 2. The highest BCUT2D eigenvalue weighted by Crippen LogP contribution is 2.27. The number of hydrogen-bond acceptors (Lipinski definition) is 5. The monoisotopic (exact) mass is 441 g/mol. The van der Waals surface area contributed by atoms with Crippen LogP contribution >= 0.6 is 11.6 Å². The van der Waals surface area contributed by atoms with Gasteiger partial charge < -0.3 is 10.6 Å². The Morgan fingerprint density at radius 3 is 2.52 bits per heavy atom. The first kappa shape index (κ1) is 22.6. The van der Waals surface area contributed by atoms with Crippen LogP contribution in [0.4, 0.5) is 10.2 Å². The van der Waals surface area contributed by atoms with Gasteiger partial charge in [0.05, 0.1) is 5.69 Å². The molecule has 1 atom stereocenters. The average molecular weight is 442 g/mol. The number of pyridine rings is 1. The van der Waals surface area contributed by atoms with Crippen LogP contribution in [0.2, 0.25) is 5.02 Å². The lowest BCUT2D eigenvalue weighted by molar-refractivity contribution is -0.122. The van der Waals surface area contributed by atoms with E-state index < -0.39 is 6.04 Å². The number of rotatable bonds is 8. The van der Waals surface area contributed by atoms with Crippen LogP contribution in [0.3, 0.4) is 0 Å². The zero-order valence-electron chi connectivity index (χ0n) is 17.7. The Labute approximate surface area is 186 Å². The van der Waals surface area contributed by atoms with Crippen molar-refractivity contribution in [1.29, 1.82) is 0 Å². The molecule has 162 valence electrons. The van der Waals surface area contributed by atoms with Crippen LogP contribution < -0.4 is 10.6 Å². The van der Waals surface area contributed by atoms with Gasteiger partial charge in [-0.1, -0.05) is 43.6 Å². The second-order valence-corrected chi connectivity index (χ2v) is 8.06. The zero-order chi connectivity index (χ0) is 22.4. The van der Waals surface area contributed by atoms with E-state index in [1.54, 1.807) is 25.3 Å². The van der Waals surface area contributed by atoms with Crippen molar-refractivity contribution in [1.82, 2.24) is 20.3 Å². The minimum absolute atomic E-state index is 0.190. The maximum absolute atomic E-state index is 13.1. The van der Waals surface area contributed by atoms with Crippen molar-refractivity contribution >= 4 is 23.3 Å². The van der Waals surface area contributed by atoms with Crippen molar-refractivity contribution in [2.24, 2.45) is 5.92 Å². The average Bonchev–Trinajstić information content (AvgIpc) is 2.76. The van der Waals surface area contributed by atoms with Crippen molar-refractivity contribution < 1.29 is 9.18 Å². The summed E-state index contributed by atoms with van der Waals surface area (Å²) in [5.74, 6) is 0.570. The molecule has 6 nitrogen and oxygen atoms in total. The molecule has 2 aromatic heterocycles. The number of nitrogens with zero attached hydrogens (tertiary/aromatic N) is 3. The molecule has 8 heteroatoms. The van der Waals surface area contributed by atoms with Gasteiger partial charge in [0, 0.05) is 12.7 Å². The Balaban J connectivity index is 1.80. The number of anilines is 1. The predicted molar refractivity (Wildman–Crippen MR) is 120 cm³/mol. The summed E-state index contributed by atoms with van der Waals surface area (Å²) in [6.07, 6.45) is 2.24. The lowest BCUT2D eigenvalue weighted by Gasteiger charge is -2.22. The molecule has 1 aromatic carbocycles. The highest BCUT2D eigenvalue weighted by Gasteiger charge is 2.22. The second kappa shape index (κ2) is 10.3. The molecule has 0 fully saturated rings. The van der Waals surface area contributed by atoms with E-state index in [0.717, 1.165) is 5.56 Å². The van der Waals surface area contributed by atoms with E-state index in [4.69, 9.17) is 11.6 Å².